The SMILES string of the molecule is CCCCCCCCCCCCCC[C@@H]1OC(=O)N[C@@H](CO[Si](c2ccccc2)(c2ccccc2)C(C)(C)C)[C@@H]1OS(=O)(=O)C(F)(F)F. The van der Waals surface area contributed by atoms with E-state index in [1.54, 1.807) is 0 Å². The first kappa shape index (κ1) is 40.0. The van der Waals surface area contributed by atoms with E-state index in [-0.39, 0.29) is 13.0 Å². The molecule has 1 saturated heterocycles. The Hall–Kier alpha value is -2.41. The molecule has 1 aliphatic heterocycles. The molecule has 48 heavy (non-hydrogen) atoms. The van der Waals surface area contributed by atoms with Crippen LogP contribution in [0.4, 0.5) is 18.0 Å². The average molecular weight is 714 g/mol. The van der Waals surface area contributed by atoms with E-state index in [9.17, 15) is 26.4 Å². The summed E-state index contributed by atoms with van der Waals surface area (Å²) in [7, 11) is -9.18. The minimum atomic E-state index is -6.00. The molecular formula is C36H54F3NO6SSi. The van der Waals surface area contributed by atoms with E-state index in [0.29, 0.717) is 6.42 Å². The number of ether oxygens (including phenoxy) is 1. The highest BCUT2D eigenvalue weighted by molar-refractivity contribution is 7.87. The molecule has 3 rings (SSSR count). The molecule has 0 aliphatic carbocycles. The molecule has 1 N–H and O–H groups in total. The zero-order valence-corrected chi connectivity index (χ0v) is 30.7. The predicted molar refractivity (Wildman–Crippen MR) is 186 cm³/mol. The number of benzene rings is 2. The number of cyclic esters (lactones) is 1. The normalized spacial score (nSPS) is 19.1. The third kappa shape index (κ3) is 11.0. The first-order chi connectivity index (χ1) is 22.7. The van der Waals surface area contributed by atoms with E-state index in [1.807, 2.05) is 81.4 Å². The fourth-order valence-corrected chi connectivity index (χ4v) is 11.8. The van der Waals surface area contributed by atoms with Gasteiger partial charge in [0.1, 0.15) is 12.2 Å². The van der Waals surface area contributed by atoms with Crippen LogP contribution in [0.2, 0.25) is 5.04 Å². The van der Waals surface area contributed by atoms with Gasteiger partial charge >= 0.3 is 21.7 Å². The molecule has 2 aromatic rings. The molecule has 7 nitrogen and oxygen atoms in total. The van der Waals surface area contributed by atoms with Crippen LogP contribution in [0.1, 0.15) is 111 Å². The lowest BCUT2D eigenvalue weighted by atomic mass is 9.98. The molecule has 1 fully saturated rings. The van der Waals surface area contributed by atoms with E-state index in [1.165, 1.54) is 44.9 Å². The molecule has 1 aliphatic rings. The number of amides is 1. The number of unbranched alkanes of at least 4 members (excludes halogenated alkanes) is 11. The Morgan fingerprint density at radius 3 is 1.67 bits per heavy atom. The van der Waals surface area contributed by atoms with Crippen molar-refractivity contribution in [2.45, 2.75) is 140 Å². The molecule has 1 heterocycles. The number of alkyl carbamates (subject to hydrolysis) is 1. The number of halogens is 3. The van der Waals surface area contributed by atoms with Crippen LogP contribution in [0.15, 0.2) is 60.7 Å². The molecule has 1 amide bonds. The summed E-state index contributed by atoms with van der Waals surface area (Å²) in [5.74, 6) is 0. The molecule has 3 atom stereocenters. The zero-order chi connectivity index (χ0) is 35.3. The van der Waals surface area contributed by atoms with Crippen molar-refractivity contribution in [1.29, 1.82) is 0 Å². The molecule has 0 spiro atoms. The molecule has 0 saturated carbocycles. The van der Waals surface area contributed by atoms with Crippen molar-refractivity contribution < 1.29 is 39.7 Å². The standard InChI is InChI=1S/C36H54F3NO6SSi/c1-5-6-7-8-9-10-11-12-13-14-15-22-27-32-33(46-47(42,43)36(37,38)39)31(40-34(41)45-32)28-44-48(35(2,3)4,29-23-18-16-19-24-29)30-25-20-17-21-26-30/h16-21,23-26,31-33H,5-15,22,27-28H2,1-4H3,(H,40,41)/t31-,32-,33-/m0/s1. The Morgan fingerprint density at radius 2 is 1.23 bits per heavy atom. The maximum absolute atomic E-state index is 13.6. The maximum Gasteiger partial charge on any atom is 0.523 e. The molecule has 270 valence electrons. The van der Waals surface area contributed by atoms with Gasteiger partial charge in [0.15, 0.2) is 0 Å². The van der Waals surface area contributed by atoms with Crippen molar-refractivity contribution in [2.75, 3.05) is 6.61 Å². The van der Waals surface area contributed by atoms with Crippen molar-refractivity contribution >= 4 is 34.9 Å². The zero-order valence-electron chi connectivity index (χ0n) is 28.9. The summed E-state index contributed by atoms with van der Waals surface area (Å²) >= 11 is 0. The van der Waals surface area contributed by atoms with Crippen LogP contribution in [0, 0.1) is 0 Å². The predicted octanol–water partition coefficient (Wildman–Crippen LogP) is 8.37. The van der Waals surface area contributed by atoms with Gasteiger partial charge in [-0.1, -0.05) is 159 Å². The summed E-state index contributed by atoms with van der Waals surface area (Å²) in [6.07, 6.45) is 9.63. The smallest absolute Gasteiger partial charge is 0.443 e. The van der Waals surface area contributed by atoms with Crippen molar-refractivity contribution in [3.63, 3.8) is 0 Å². The highest BCUT2D eigenvalue weighted by atomic mass is 32.2. The van der Waals surface area contributed by atoms with Gasteiger partial charge in [-0.15, -0.1) is 0 Å². The molecule has 0 radical (unpaired) electrons. The van der Waals surface area contributed by atoms with Crippen LogP contribution >= 0.6 is 0 Å². The highest BCUT2D eigenvalue weighted by Gasteiger charge is 2.54. The maximum atomic E-state index is 13.6. The van der Waals surface area contributed by atoms with Crippen LogP contribution in [0.3, 0.4) is 0 Å². The van der Waals surface area contributed by atoms with Crippen molar-refractivity contribution in [3.05, 3.63) is 60.7 Å². The lowest BCUT2D eigenvalue weighted by molar-refractivity contribution is -0.0777. The Bertz CT molecular complexity index is 1300. The second kappa shape index (κ2) is 18.5. The van der Waals surface area contributed by atoms with E-state index in [4.69, 9.17) is 13.3 Å². The van der Waals surface area contributed by atoms with Crippen LogP contribution in [0.5, 0.6) is 0 Å². The van der Waals surface area contributed by atoms with Gasteiger partial charge in [-0.25, -0.2) is 4.79 Å². The number of rotatable bonds is 20. The van der Waals surface area contributed by atoms with Crippen LogP contribution in [-0.4, -0.2) is 53.2 Å². The third-order valence-electron chi connectivity index (χ3n) is 9.08. The highest BCUT2D eigenvalue weighted by Crippen LogP contribution is 2.38. The van der Waals surface area contributed by atoms with Gasteiger partial charge in [-0.2, -0.15) is 21.6 Å². The quantitative estimate of drug-likeness (QED) is 0.0642. The second-order valence-electron chi connectivity index (χ2n) is 13.8. The number of hydrogen-bond donors (Lipinski definition) is 1. The monoisotopic (exact) mass is 713 g/mol. The van der Waals surface area contributed by atoms with Crippen LogP contribution in [-0.2, 0) is 23.5 Å². The Balaban J connectivity index is 1.76. The Kier molecular flexibility index (Phi) is 15.5. The van der Waals surface area contributed by atoms with Crippen molar-refractivity contribution in [3.8, 4) is 0 Å². The summed E-state index contributed by atoms with van der Waals surface area (Å²) in [5, 5.41) is 3.91. The fourth-order valence-electron chi connectivity index (χ4n) is 6.58. The van der Waals surface area contributed by atoms with Gasteiger partial charge in [0.05, 0.1) is 12.6 Å². The topological polar surface area (TPSA) is 90.9 Å². The van der Waals surface area contributed by atoms with Crippen LogP contribution < -0.4 is 15.7 Å². The summed E-state index contributed by atoms with van der Waals surface area (Å²) in [5.41, 5.74) is -5.64. The van der Waals surface area contributed by atoms with Gasteiger partial charge in [0.25, 0.3) is 8.32 Å². The summed E-state index contributed by atoms with van der Waals surface area (Å²) < 4.78 is 82.5. The first-order valence-electron chi connectivity index (χ1n) is 17.4. The summed E-state index contributed by atoms with van der Waals surface area (Å²) in [6.45, 7) is 8.05. The van der Waals surface area contributed by atoms with Crippen molar-refractivity contribution in [1.82, 2.24) is 5.32 Å². The second-order valence-corrected chi connectivity index (χ2v) is 19.7. The largest absolute Gasteiger partial charge is 0.523 e. The minimum Gasteiger partial charge on any atom is -0.443 e. The molecule has 2 aromatic carbocycles. The van der Waals surface area contributed by atoms with Gasteiger partial charge in [0.2, 0.25) is 0 Å². The lowest BCUT2D eigenvalue weighted by Crippen LogP contribution is -2.69. The van der Waals surface area contributed by atoms with E-state index < -0.39 is 53.3 Å². The summed E-state index contributed by atoms with van der Waals surface area (Å²) in [4.78, 5) is 12.8. The van der Waals surface area contributed by atoms with Gasteiger partial charge in [-0.3, -0.25) is 4.18 Å². The average Bonchev–Trinajstić information content (AvgIpc) is 3.03. The van der Waals surface area contributed by atoms with E-state index in [0.717, 1.165) is 36.1 Å². The first-order valence-corrected chi connectivity index (χ1v) is 20.8. The molecule has 0 bridgehead atoms. The summed E-state index contributed by atoms with van der Waals surface area (Å²) in [6, 6.07) is 18.0. The van der Waals surface area contributed by atoms with Crippen molar-refractivity contribution in [2.24, 2.45) is 0 Å². The molecule has 12 heteroatoms. The Labute approximate surface area is 286 Å². The lowest BCUT2D eigenvalue weighted by Gasteiger charge is -2.45. The minimum absolute atomic E-state index is 0.165. The Morgan fingerprint density at radius 1 is 0.771 bits per heavy atom. The number of carbonyl (C=O) groups excluding carboxylic acids is 1. The third-order valence-corrected chi connectivity index (χ3v) is 15.1. The van der Waals surface area contributed by atoms with E-state index in [2.05, 4.69) is 12.2 Å². The fraction of sp³-hybridized carbons (Fsp3) is 0.639. The molecule has 0 aromatic heterocycles. The number of alkyl halides is 3. The van der Waals surface area contributed by atoms with E-state index >= 15 is 0 Å². The molecule has 0 unspecified atom stereocenters. The number of hydrogen-bond acceptors (Lipinski definition) is 6. The number of nitrogens with one attached hydrogen (secondary N) is 1. The van der Waals surface area contributed by atoms with Gasteiger partial charge in [0, 0.05) is 0 Å². The number of carbonyl (C=O) groups is 1. The van der Waals surface area contributed by atoms with Gasteiger partial charge < -0.3 is 14.5 Å². The van der Waals surface area contributed by atoms with Gasteiger partial charge in [-0.05, 0) is 28.3 Å². The molecular weight excluding hydrogens is 660 g/mol. The van der Waals surface area contributed by atoms with Crippen LogP contribution in [0.25, 0.3) is 0 Å².